The normalized spacial score (nSPS) is 19.7. The Morgan fingerprint density at radius 2 is 2.09 bits per heavy atom. The molecule has 0 bridgehead atoms. The number of nitrogens with zero attached hydrogens (tertiary/aromatic N) is 3. The second-order valence-corrected chi connectivity index (χ2v) is 6.40. The van der Waals surface area contributed by atoms with E-state index in [1.165, 1.54) is 0 Å². The van der Waals surface area contributed by atoms with Crippen LogP contribution in [0.4, 0.5) is 0 Å². The van der Waals surface area contributed by atoms with Gasteiger partial charge in [-0.1, -0.05) is 5.16 Å². The van der Waals surface area contributed by atoms with Gasteiger partial charge in [-0.3, -0.25) is 9.59 Å². The van der Waals surface area contributed by atoms with E-state index in [4.69, 9.17) is 4.52 Å². The topological polar surface area (TPSA) is 86.9 Å². The van der Waals surface area contributed by atoms with Gasteiger partial charge in [-0.05, 0) is 32.1 Å². The molecular weight excluding hydrogens is 298 g/mol. The van der Waals surface area contributed by atoms with Crippen molar-refractivity contribution in [1.29, 1.82) is 0 Å². The van der Waals surface area contributed by atoms with Crippen molar-refractivity contribution in [2.45, 2.75) is 39.2 Å². The molecule has 0 unspecified atom stereocenters. The average Bonchev–Trinajstić information content (AvgIpc) is 3.13. The van der Waals surface area contributed by atoms with Gasteiger partial charge in [0.15, 0.2) is 5.69 Å². The highest BCUT2D eigenvalue weighted by atomic mass is 16.5. The van der Waals surface area contributed by atoms with Gasteiger partial charge in [-0.25, -0.2) is 0 Å². The van der Waals surface area contributed by atoms with Gasteiger partial charge in [0, 0.05) is 32.6 Å². The number of piperidine rings is 1. The first kappa shape index (κ1) is 16.0. The maximum Gasteiger partial charge on any atom is 0.276 e. The minimum atomic E-state index is -0.246. The third-order valence-electron chi connectivity index (χ3n) is 4.90. The summed E-state index contributed by atoms with van der Waals surface area (Å²) in [5.74, 6) is 1.02. The Labute approximate surface area is 135 Å². The summed E-state index contributed by atoms with van der Waals surface area (Å²) in [6.45, 7) is 4.44. The molecular formula is C16H23N3O4. The number of hydrogen-bond acceptors (Lipinski definition) is 5. The molecule has 2 fully saturated rings. The first-order valence-corrected chi connectivity index (χ1v) is 8.23. The molecule has 2 aliphatic rings. The Bertz CT molecular complexity index is 590. The highest BCUT2D eigenvalue weighted by Gasteiger charge is 2.30. The Balaban J connectivity index is 1.56. The van der Waals surface area contributed by atoms with Crippen molar-refractivity contribution in [3.8, 4) is 0 Å². The van der Waals surface area contributed by atoms with E-state index in [2.05, 4.69) is 5.16 Å². The van der Waals surface area contributed by atoms with Gasteiger partial charge < -0.3 is 19.4 Å². The van der Waals surface area contributed by atoms with E-state index in [0.717, 1.165) is 32.4 Å². The molecule has 1 aromatic heterocycles. The Kier molecular flexibility index (Phi) is 4.66. The molecule has 0 radical (unpaired) electrons. The van der Waals surface area contributed by atoms with Crippen molar-refractivity contribution in [2.24, 2.45) is 5.92 Å². The van der Waals surface area contributed by atoms with E-state index >= 15 is 0 Å². The molecule has 2 aliphatic heterocycles. The third kappa shape index (κ3) is 3.24. The standard InChI is InChI=1S/C16H23N3O4/c1-11-13(10-20)15(17-23-11)16(22)18-7-4-12(5-8-18)9-19-6-2-3-14(19)21/h12,20H,2-10H2,1H3. The predicted molar refractivity (Wildman–Crippen MR) is 81.6 cm³/mol. The summed E-state index contributed by atoms with van der Waals surface area (Å²) in [5, 5.41) is 13.1. The van der Waals surface area contributed by atoms with Gasteiger partial charge in [-0.2, -0.15) is 0 Å². The van der Waals surface area contributed by atoms with Crippen LogP contribution in [0, 0.1) is 12.8 Å². The smallest absolute Gasteiger partial charge is 0.276 e. The van der Waals surface area contributed by atoms with Crippen LogP contribution in [0.1, 0.15) is 47.5 Å². The molecule has 2 saturated heterocycles. The van der Waals surface area contributed by atoms with Crippen LogP contribution in [0.5, 0.6) is 0 Å². The van der Waals surface area contributed by atoms with Crippen molar-refractivity contribution in [3.63, 3.8) is 0 Å². The number of amides is 2. The predicted octanol–water partition coefficient (Wildman–Crippen LogP) is 0.950. The van der Waals surface area contributed by atoms with Gasteiger partial charge in [0.1, 0.15) is 5.76 Å². The molecule has 126 valence electrons. The molecule has 0 saturated carbocycles. The highest BCUT2D eigenvalue weighted by molar-refractivity contribution is 5.93. The van der Waals surface area contributed by atoms with Crippen LogP contribution in [-0.4, -0.2) is 58.1 Å². The average molecular weight is 321 g/mol. The number of aryl methyl sites for hydroxylation is 1. The van der Waals surface area contributed by atoms with Gasteiger partial charge in [-0.15, -0.1) is 0 Å². The molecule has 0 atom stereocenters. The quantitative estimate of drug-likeness (QED) is 0.892. The number of carbonyl (C=O) groups excluding carboxylic acids is 2. The second-order valence-electron chi connectivity index (χ2n) is 6.40. The van der Waals surface area contributed by atoms with Crippen molar-refractivity contribution >= 4 is 11.8 Å². The summed E-state index contributed by atoms with van der Waals surface area (Å²) in [7, 11) is 0. The largest absolute Gasteiger partial charge is 0.391 e. The third-order valence-corrected chi connectivity index (χ3v) is 4.90. The van der Waals surface area contributed by atoms with Crippen molar-refractivity contribution in [3.05, 3.63) is 17.0 Å². The van der Waals surface area contributed by atoms with Crippen LogP contribution < -0.4 is 0 Å². The zero-order chi connectivity index (χ0) is 16.4. The molecule has 23 heavy (non-hydrogen) atoms. The van der Waals surface area contributed by atoms with Crippen molar-refractivity contribution in [2.75, 3.05) is 26.2 Å². The van der Waals surface area contributed by atoms with Gasteiger partial charge >= 0.3 is 0 Å². The van der Waals surface area contributed by atoms with E-state index in [1.807, 2.05) is 4.90 Å². The maximum absolute atomic E-state index is 12.5. The molecule has 2 amide bonds. The lowest BCUT2D eigenvalue weighted by Gasteiger charge is -2.33. The number of aromatic nitrogens is 1. The van der Waals surface area contributed by atoms with Crippen LogP contribution in [0.25, 0.3) is 0 Å². The molecule has 3 rings (SSSR count). The summed E-state index contributed by atoms with van der Waals surface area (Å²) in [5.41, 5.74) is 0.693. The van der Waals surface area contributed by atoms with Crippen LogP contribution in [0.3, 0.4) is 0 Å². The first-order valence-electron chi connectivity index (χ1n) is 8.23. The van der Waals surface area contributed by atoms with Crippen LogP contribution in [0.15, 0.2) is 4.52 Å². The molecule has 0 aliphatic carbocycles. The van der Waals surface area contributed by atoms with E-state index in [-0.39, 0.29) is 24.1 Å². The van der Waals surface area contributed by atoms with Crippen LogP contribution >= 0.6 is 0 Å². The number of likely N-dealkylation sites (tertiary alicyclic amines) is 2. The Morgan fingerprint density at radius 3 is 2.70 bits per heavy atom. The molecule has 3 heterocycles. The summed E-state index contributed by atoms with van der Waals surface area (Å²) in [6, 6.07) is 0. The van der Waals surface area contributed by atoms with Gasteiger partial charge in [0.05, 0.1) is 12.2 Å². The van der Waals surface area contributed by atoms with E-state index in [1.54, 1.807) is 11.8 Å². The maximum atomic E-state index is 12.5. The van der Waals surface area contributed by atoms with E-state index in [0.29, 0.717) is 36.8 Å². The van der Waals surface area contributed by atoms with E-state index < -0.39 is 0 Å². The highest BCUT2D eigenvalue weighted by Crippen LogP contribution is 2.23. The number of aliphatic hydroxyl groups excluding tert-OH is 1. The van der Waals surface area contributed by atoms with Gasteiger partial charge in [0.25, 0.3) is 5.91 Å². The molecule has 1 aromatic rings. The summed E-state index contributed by atoms with van der Waals surface area (Å²) < 4.78 is 5.02. The lowest BCUT2D eigenvalue weighted by molar-refractivity contribution is -0.128. The number of rotatable bonds is 4. The molecule has 0 spiro atoms. The monoisotopic (exact) mass is 321 g/mol. The SMILES string of the molecule is Cc1onc(C(=O)N2CCC(CN3CCCC3=O)CC2)c1CO. The number of aliphatic hydroxyl groups is 1. The fourth-order valence-corrected chi connectivity index (χ4v) is 3.42. The summed E-state index contributed by atoms with van der Waals surface area (Å²) >= 11 is 0. The fraction of sp³-hybridized carbons (Fsp3) is 0.688. The zero-order valence-corrected chi connectivity index (χ0v) is 13.5. The van der Waals surface area contributed by atoms with Gasteiger partial charge in [0.2, 0.25) is 5.91 Å². The van der Waals surface area contributed by atoms with Crippen molar-refractivity contribution in [1.82, 2.24) is 15.0 Å². The Hall–Kier alpha value is -1.89. The second kappa shape index (κ2) is 6.70. The lowest BCUT2D eigenvalue weighted by atomic mass is 9.96. The Morgan fingerprint density at radius 1 is 1.35 bits per heavy atom. The van der Waals surface area contributed by atoms with Crippen LogP contribution in [0.2, 0.25) is 0 Å². The van der Waals surface area contributed by atoms with Crippen molar-refractivity contribution < 1.29 is 19.2 Å². The summed E-state index contributed by atoms with van der Waals surface area (Å²) in [4.78, 5) is 27.9. The minimum Gasteiger partial charge on any atom is -0.391 e. The van der Waals surface area contributed by atoms with E-state index in [9.17, 15) is 14.7 Å². The molecule has 1 N–H and O–H groups in total. The first-order chi connectivity index (χ1) is 11.1. The zero-order valence-electron chi connectivity index (χ0n) is 13.5. The molecule has 0 aromatic carbocycles. The number of hydrogen-bond donors (Lipinski definition) is 1. The molecule has 7 nitrogen and oxygen atoms in total. The fourth-order valence-electron chi connectivity index (χ4n) is 3.42. The summed E-state index contributed by atoms with van der Waals surface area (Å²) in [6.07, 6.45) is 3.42. The van der Waals surface area contributed by atoms with Crippen LogP contribution in [-0.2, 0) is 11.4 Å². The number of carbonyl (C=O) groups is 2. The molecule has 7 heteroatoms. The minimum absolute atomic E-state index is 0.179. The lowest BCUT2D eigenvalue weighted by Crippen LogP contribution is -2.42.